The summed E-state index contributed by atoms with van der Waals surface area (Å²) in [7, 11) is -2.50. The van der Waals surface area contributed by atoms with Gasteiger partial charge in [0.05, 0.1) is 11.3 Å². The molecule has 1 aliphatic heterocycles. The summed E-state index contributed by atoms with van der Waals surface area (Å²) in [6.45, 7) is 5.20. The fourth-order valence-electron chi connectivity index (χ4n) is 2.34. The minimum absolute atomic E-state index is 0.0465. The molecule has 0 saturated carbocycles. The SMILES string of the molecule is CC1=NS(=O)(=O)N(C)C=C1C(=O)OCc1noc(-c2ccc(C)c(C)c2)n1. The molecule has 0 atom stereocenters. The smallest absolute Gasteiger partial charge is 0.344 e. The topological polar surface area (TPSA) is 115 Å². The molecule has 0 fully saturated rings. The molecular formula is C17H18N4O5S. The van der Waals surface area contributed by atoms with Crippen LogP contribution >= 0.6 is 0 Å². The van der Waals surface area contributed by atoms with E-state index in [0.29, 0.717) is 5.89 Å². The molecule has 0 N–H and O–H groups in total. The molecule has 0 radical (unpaired) electrons. The van der Waals surface area contributed by atoms with Crippen molar-refractivity contribution >= 4 is 21.9 Å². The van der Waals surface area contributed by atoms with Crippen molar-refractivity contribution < 1.29 is 22.5 Å². The predicted molar refractivity (Wildman–Crippen MR) is 96.9 cm³/mol. The van der Waals surface area contributed by atoms with Crippen molar-refractivity contribution in [2.75, 3.05) is 7.05 Å². The van der Waals surface area contributed by atoms with Gasteiger partial charge in [0.1, 0.15) is 0 Å². The Kier molecular flexibility index (Phi) is 4.83. The van der Waals surface area contributed by atoms with E-state index >= 15 is 0 Å². The zero-order chi connectivity index (χ0) is 19.8. The van der Waals surface area contributed by atoms with E-state index in [4.69, 9.17) is 9.26 Å². The average molecular weight is 390 g/mol. The molecule has 0 spiro atoms. The Morgan fingerprint density at radius 2 is 1.96 bits per heavy atom. The molecule has 0 saturated heterocycles. The summed E-state index contributed by atoms with van der Waals surface area (Å²) in [5, 5.41) is 3.80. The maximum Gasteiger partial charge on any atom is 0.344 e. The van der Waals surface area contributed by atoms with Crippen LogP contribution in [0.3, 0.4) is 0 Å². The Labute approximate surface area is 156 Å². The molecule has 2 aromatic rings. The van der Waals surface area contributed by atoms with Gasteiger partial charge in [-0.05, 0) is 44.0 Å². The fourth-order valence-corrected chi connectivity index (χ4v) is 3.15. The monoisotopic (exact) mass is 390 g/mol. The third kappa shape index (κ3) is 3.90. The van der Waals surface area contributed by atoms with Crippen molar-refractivity contribution in [3.8, 4) is 11.5 Å². The lowest BCUT2D eigenvalue weighted by Gasteiger charge is -2.18. The molecule has 0 bridgehead atoms. The first-order chi connectivity index (χ1) is 12.7. The molecule has 2 heterocycles. The van der Waals surface area contributed by atoms with Gasteiger partial charge in [0, 0.05) is 18.8 Å². The molecule has 1 aromatic carbocycles. The Bertz CT molecular complexity index is 1070. The van der Waals surface area contributed by atoms with Crippen LogP contribution in [-0.2, 0) is 26.3 Å². The third-order valence-electron chi connectivity index (χ3n) is 4.09. The van der Waals surface area contributed by atoms with Gasteiger partial charge >= 0.3 is 16.2 Å². The molecule has 1 aromatic heterocycles. The number of rotatable bonds is 4. The van der Waals surface area contributed by atoms with E-state index < -0.39 is 16.2 Å². The van der Waals surface area contributed by atoms with Gasteiger partial charge in [-0.15, -0.1) is 4.40 Å². The lowest BCUT2D eigenvalue weighted by molar-refractivity contribution is -0.140. The van der Waals surface area contributed by atoms with Gasteiger partial charge < -0.3 is 9.26 Å². The van der Waals surface area contributed by atoms with Crippen LogP contribution in [0.15, 0.2) is 38.9 Å². The maximum absolute atomic E-state index is 12.2. The lowest BCUT2D eigenvalue weighted by atomic mass is 10.1. The van der Waals surface area contributed by atoms with E-state index in [0.717, 1.165) is 27.2 Å². The molecule has 10 heteroatoms. The number of esters is 1. The van der Waals surface area contributed by atoms with Crippen molar-refractivity contribution in [3.63, 3.8) is 0 Å². The molecule has 142 valence electrons. The second-order valence-electron chi connectivity index (χ2n) is 6.10. The second-order valence-corrected chi connectivity index (χ2v) is 7.76. The lowest BCUT2D eigenvalue weighted by Crippen LogP contribution is -2.29. The van der Waals surface area contributed by atoms with Crippen LogP contribution in [0.4, 0.5) is 0 Å². The highest BCUT2D eigenvalue weighted by Gasteiger charge is 2.26. The van der Waals surface area contributed by atoms with Crippen LogP contribution in [-0.4, -0.2) is 41.6 Å². The predicted octanol–water partition coefficient (Wildman–Crippen LogP) is 1.93. The van der Waals surface area contributed by atoms with Gasteiger partial charge in [-0.3, -0.25) is 4.31 Å². The third-order valence-corrected chi connectivity index (χ3v) is 5.43. The molecule has 1 aliphatic rings. The van der Waals surface area contributed by atoms with Crippen molar-refractivity contribution in [1.82, 2.24) is 14.4 Å². The zero-order valence-electron chi connectivity index (χ0n) is 15.3. The molecule has 9 nitrogen and oxygen atoms in total. The van der Waals surface area contributed by atoms with Crippen molar-refractivity contribution in [1.29, 1.82) is 0 Å². The first-order valence-corrected chi connectivity index (χ1v) is 9.41. The number of benzene rings is 1. The number of aryl methyl sites for hydroxylation is 2. The average Bonchev–Trinajstić information content (AvgIpc) is 3.07. The van der Waals surface area contributed by atoms with Crippen LogP contribution in [0.1, 0.15) is 23.9 Å². The molecule has 0 aliphatic carbocycles. The highest BCUT2D eigenvalue weighted by Crippen LogP contribution is 2.21. The molecule has 0 unspecified atom stereocenters. The van der Waals surface area contributed by atoms with Crippen molar-refractivity contribution in [2.45, 2.75) is 27.4 Å². The van der Waals surface area contributed by atoms with E-state index in [2.05, 4.69) is 14.5 Å². The summed E-state index contributed by atoms with van der Waals surface area (Å²) in [6.07, 6.45) is 1.16. The zero-order valence-corrected chi connectivity index (χ0v) is 16.1. The summed E-state index contributed by atoms with van der Waals surface area (Å²) in [6, 6.07) is 5.76. The minimum Gasteiger partial charge on any atom is -0.454 e. The standard InChI is InChI=1S/C17H18N4O5S/c1-10-5-6-13(7-11(10)2)16-18-15(19-26-16)9-25-17(22)14-8-21(4)27(23,24)20-12(14)3/h5-8H,9H2,1-4H3. The number of hydrogen-bond donors (Lipinski definition) is 0. The number of carbonyl (C=O) groups is 1. The Morgan fingerprint density at radius 3 is 2.67 bits per heavy atom. The van der Waals surface area contributed by atoms with E-state index in [1.165, 1.54) is 14.0 Å². The van der Waals surface area contributed by atoms with Gasteiger partial charge in [-0.2, -0.15) is 13.4 Å². The molecule has 3 rings (SSSR count). The maximum atomic E-state index is 12.2. The number of hydrogen-bond acceptors (Lipinski definition) is 7. The summed E-state index contributed by atoms with van der Waals surface area (Å²) in [5.74, 6) is -0.205. The van der Waals surface area contributed by atoms with Crippen LogP contribution in [0, 0.1) is 13.8 Å². The van der Waals surface area contributed by atoms with Gasteiger partial charge in [0.15, 0.2) is 6.61 Å². The van der Waals surface area contributed by atoms with Gasteiger partial charge in [-0.1, -0.05) is 11.2 Å². The van der Waals surface area contributed by atoms with Gasteiger partial charge in [0.25, 0.3) is 5.89 Å². The second kappa shape index (κ2) is 6.95. The first-order valence-electron chi connectivity index (χ1n) is 8.01. The largest absolute Gasteiger partial charge is 0.454 e. The van der Waals surface area contributed by atoms with E-state index in [-0.39, 0.29) is 23.7 Å². The summed E-state index contributed by atoms with van der Waals surface area (Å²) in [4.78, 5) is 16.4. The highest BCUT2D eigenvalue weighted by molar-refractivity contribution is 7.88. The number of carbonyl (C=O) groups excluding carboxylic acids is 1. The Hall–Kier alpha value is -3.01. The quantitative estimate of drug-likeness (QED) is 0.733. The van der Waals surface area contributed by atoms with Gasteiger partial charge in [-0.25, -0.2) is 4.79 Å². The first kappa shape index (κ1) is 18.8. The van der Waals surface area contributed by atoms with E-state index in [1.807, 2.05) is 32.0 Å². The Morgan fingerprint density at radius 1 is 1.22 bits per heavy atom. The van der Waals surface area contributed by atoms with Crippen LogP contribution in [0.5, 0.6) is 0 Å². The summed E-state index contributed by atoms with van der Waals surface area (Å²) >= 11 is 0. The fraction of sp³-hybridized carbons (Fsp3) is 0.294. The van der Waals surface area contributed by atoms with Gasteiger partial charge in [0.2, 0.25) is 5.82 Å². The van der Waals surface area contributed by atoms with E-state index in [1.54, 1.807) is 0 Å². The minimum atomic E-state index is -3.78. The van der Waals surface area contributed by atoms with Crippen LogP contribution in [0.25, 0.3) is 11.5 Å². The van der Waals surface area contributed by atoms with Crippen molar-refractivity contribution in [2.24, 2.45) is 4.40 Å². The summed E-state index contributed by atoms with van der Waals surface area (Å²) < 4.78 is 38.0. The van der Waals surface area contributed by atoms with Crippen LogP contribution < -0.4 is 0 Å². The van der Waals surface area contributed by atoms with E-state index in [9.17, 15) is 13.2 Å². The molecular weight excluding hydrogens is 372 g/mol. The number of ether oxygens (including phenoxy) is 1. The molecule has 27 heavy (non-hydrogen) atoms. The summed E-state index contributed by atoms with van der Waals surface area (Å²) in [5.41, 5.74) is 3.12. The normalized spacial score (nSPS) is 15.9. The highest BCUT2D eigenvalue weighted by atomic mass is 32.2. The van der Waals surface area contributed by atoms with Crippen LogP contribution in [0.2, 0.25) is 0 Å². The number of aromatic nitrogens is 2. The number of nitrogens with zero attached hydrogens (tertiary/aromatic N) is 4. The molecule has 0 amide bonds. The van der Waals surface area contributed by atoms with Crippen molar-refractivity contribution in [3.05, 3.63) is 46.9 Å². The Balaban J connectivity index is 1.69.